The van der Waals surface area contributed by atoms with E-state index in [-0.39, 0.29) is 5.82 Å². The number of anilines is 1. The van der Waals surface area contributed by atoms with Crippen molar-refractivity contribution in [3.63, 3.8) is 0 Å². The molecule has 1 aromatic rings. The smallest absolute Gasteiger partial charge is 0.146 e. The topological polar surface area (TPSA) is 15.3 Å². The number of benzene rings is 1. The van der Waals surface area contributed by atoms with Crippen molar-refractivity contribution >= 4 is 5.69 Å². The van der Waals surface area contributed by atoms with Crippen LogP contribution in [0.5, 0.6) is 0 Å². The summed E-state index contributed by atoms with van der Waals surface area (Å²) in [7, 11) is 1.92. The molecule has 19 heavy (non-hydrogen) atoms. The largest absolute Gasteiger partial charge is 0.368 e. The maximum absolute atomic E-state index is 14.3. The summed E-state index contributed by atoms with van der Waals surface area (Å²) in [5, 5.41) is 3.15. The first-order valence-corrected chi connectivity index (χ1v) is 7.45. The Morgan fingerprint density at radius 3 is 2.32 bits per heavy atom. The Labute approximate surface area is 115 Å². The molecule has 1 aromatic carbocycles. The van der Waals surface area contributed by atoms with Crippen molar-refractivity contribution in [3.05, 3.63) is 29.6 Å². The number of hydrogen-bond acceptors (Lipinski definition) is 2. The SMILES string of the molecule is CNCc1cccc(F)c1N(CC1CC1)CC1CC1. The van der Waals surface area contributed by atoms with E-state index in [4.69, 9.17) is 0 Å². The van der Waals surface area contributed by atoms with Crippen molar-refractivity contribution < 1.29 is 4.39 Å². The Morgan fingerprint density at radius 2 is 1.79 bits per heavy atom. The monoisotopic (exact) mass is 262 g/mol. The molecule has 3 rings (SSSR count). The number of nitrogens with one attached hydrogen (secondary N) is 1. The first kappa shape index (κ1) is 12.9. The van der Waals surface area contributed by atoms with E-state index in [9.17, 15) is 4.39 Å². The zero-order chi connectivity index (χ0) is 13.2. The molecule has 2 saturated carbocycles. The molecule has 0 radical (unpaired) electrons. The van der Waals surface area contributed by atoms with E-state index < -0.39 is 0 Å². The van der Waals surface area contributed by atoms with Crippen molar-refractivity contribution in [2.75, 3.05) is 25.0 Å². The second kappa shape index (κ2) is 5.49. The highest BCUT2D eigenvalue weighted by atomic mass is 19.1. The zero-order valence-corrected chi connectivity index (χ0v) is 11.7. The minimum absolute atomic E-state index is 0.0611. The number of para-hydroxylation sites is 1. The summed E-state index contributed by atoms with van der Waals surface area (Å²) in [6, 6.07) is 5.46. The van der Waals surface area contributed by atoms with Crippen LogP contribution in [-0.2, 0) is 6.54 Å². The third-order valence-corrected chi connectivity index (χ3v) is 4.10. The summed E-state index contributed by atoms with van der Waals surface area (Å²) in [4.78, 5) is 2.32. The van der Waals surface area contributed by atoms with E-state index in [1.54, 1.807) is 6.07 Å². The average Bonchev–Trinajstić information content (AvgIpc) is 3.24. The van der Waals surface area contributed by atoms with Crippen LogP contribution in [0.4, 0.5) is 10.1 Å². The molecule has 3 heteroatoms. The van der Waals surface area contributed by atoms with Crippen molar-refractivity contribution in [2.45, 2.75) is 32.2 Å². The van der Waals surface area contributed by atoms with Crippen molar-refractivity contribution in [3.8, 4) is 0 Å². The molecule has 2 fully saturated rings. The normalized spacial score (nSPS) is 18.6. The Bertz CT molecular complexity index is 424. The van der Waals surface area contributed by atoms with Gasteiger partial charge in [0.15, 0.2) is 0 Å². The summed E-state index contributed by atoms with van der Waals surface area (Å²) < 4.78 is 14.3. The lowest BCUT2D eigenvalue weighted by molar-refractivity contribution is 0.597. The molecule has 0 bridgehead atoms. The third kappa shape index (κ3) is 3.27. The van der Waals surface area contributed by atoms with E-state index in [1.165, 1.54) is 25.7 Å². The summed E-state index contributed by atoms with van der Waals surface area (Å²) in [6.07, 6.45) is 5.27. The lowest BCUT2D eigenvalue weighted by Crippen LogP contribution is -2.30. The van der Waals surface area contributed by atoms with Crippen LogP contribution in [0, 0.1) is 17.7 Å². The fourth-order valence-corrected chi connectivity index (χ4v) is 2.73. The highest BCUT2D eigenvalue weighted by Crippen LogP contribution is 2.37. The van der Waals surface area contributed by atoms with E-state index in [2.05, 4.69) is 10.2 Å². The van der Waals surface area contributed by atoms with Gasteiger partial charge in [0.05, 0.1) is 5.69 Å². The van der Waals surface area contributed by atoms with Gasteiger partial charge in [-0.25, -0.2) is 4.39 Å². The molecule has 0 amide bonds. The van der Waals surface area contributed by atoms with Crippen LogP contribution in [0.2, 0.25) is 0 Å². The highest BCUT2D eigenvalue weighted by molar-refractivity contribution is 5.55. The Kier molecular flexibility index (Phi) is 3.74. The molecule has 0 heterocycles. The van der Waals surface area contributed by atoms with E-state index >= 15 is 0 Å². The average molecular weight is 262 g/mol. The molecule has 2 aliphatic rings. The van der Waals surface area contributed by atoms with Crippen LogP contribution in [0.1, 0.15) is 31.2 Å². The van der Waals surface area contributed by atoms with Crippen LogP contribution >= 0.6 is 0 Å². The molecule has 2 aliphatic carbocycles. The number of rotatable bonds is 7. The fraction of sp³-hybridized carbons (Fsp3) is 0.625. The lowest BCUT2D eigenvalue weighted by Gasteiger charge is -2.28. The lowest BCUT2D eigenvalue weighted by atomic mass is 10.1. The minimum atomic E-state index is -0.0611. The third-order valence-electron chi connectivity index (χ3n) is 4.10. The minimum Gasteiger partial charge on any atom is -0.368 e. The van der Waals surface area contributed by atoms with Crippen LogP contribution in [-0.4, -0.2) is 20.1 Å². The molecule has 2 nitrogen and oxygen atoms in total. The number of halogens is 1. The molecule has 0 unspecified atom stereocenters. The van der Waals surface area contributed by atoms with Gasteiger partial charge in [0.1, 0.15) is 5.82 Å². The van der Waals surface area contributed by atoms with Crippen LogP contribution in [0.3, 0.4) is 0 Å². The first-order chi connectivity index (χ1) is 9.28. The van der Waals surface area contributed by atoms with E-state index in [0.717, 1.165) is 42.7 Å². The van der Waals surface area contributed by atoms with Gasteiger partial charge in [-0.3, -0.25) is 0 Å². The van der Waals surface area contributed by atoms with Gasteiger partial charge in [0.25, 0.3) is 0 Å². The Hall–Kier alpha value is -1.09. The Morgan fingerprint density at radius 1 is 1.16 bits per heavy atom. The number of nitrogens with zero attached hydrogens (tertiary/aromatic N) is 1. The Balaban J connectivity index is 1.85. The van der Waals surface area contributed by atoms with Gasteiger partial charge < -0.3 is 10.2 Å². The van der Waals surface area contributed by atoms with Crippen molar-refractivity contribution in [1.82, 2.24) is 5.32 Å². The van der Waals surface area contributed by atoms with E-state index in [1.807, 2.05) is 19.2 Å². The summed E-state index contributed by atoms with van der Waals surface area (Å²) in [6.45, 7) is 2.81. The molecular weight excluding hydrogens is 239 g/mol. The second-order valence-corrected chi connectivity index (χ2v) is 6.07. The molecular formula is C16H23FN2. The van der Waals surface area contributed by atoms with Gasteiger partial charge in [-0.2, -0.15) is 0 Å². The van der Waals surface area contributed by atoms with Crippen LogP contribution < -0.4 is 10.2 Å². The van der Waals surface area contributed by atoms with Crippen molar-refractivity contribution in [1.29, 1.82) is 0 Å². The van der Waals surface area contributed by atoms with Gasteiger partial charge in [0, 0.05) is 19.6 Å². The fourth-order valence-electron chi connectivity index (χ4n) is 2.73. The van der Waals surface area contributed by atoms with Gasteiger partial charge in [0.2, 0.25) is 0 Å². The maximum Gasteiger partial charge on any atom is 0.146 e. The molecule has 0 aromatic heterocycles. The highest BCUT2D eigenvalue weighted by Gasteiger charge is 2.31. The van der Waals surface area contributed by atoms with Crippen LogP contribution in [0.25, 0.3) is 0 Å². The summed E-state index contributed by atoms with van der Waals surface area (Å²) >= 11 is 0. The summed E-state index contributed by atoms with van der Waals surface area (Å²) in [5.41, 5.74) is 1.93. The molecule has 0 spiro atoms. The summed E-state index contributed by atoms with van der Waals surface area (Å²) in [5.74, 6) is 1.52. The predicted molar refractivity (Wildman–Crippen MR) is 76.8 cm³/mol. The predicted octanol–water partition coefficient (Wildman–Crippen LogP) is 3.17. The van der Waals surface area contributed by atoms with Crippen molar-refractivity contribution in [2.24, 2.45) is 11.8 Å². The quantitative estimate of drug-likeness (QED) is 0.812. The second-order valence-electron chi connectivity index (χ2n) is 6.07. The molecule has 1 N–H and O–H groups in total. The molecule has 104 valence electrons. The van der Waals surface area contributed by atoms with Gasteiger partial charge in [-0.1, -0.05) is 12.1 Å². The number of hydrogen-bond donors (Lipinski definition) is 1. The first-order valence-electron chi connectivity index (χ1n) is 7.45. The van der Waals surface area contributed by atoms with Gasteiger partial charge in [-0.15, -0.1) is 0 Å². The van der Waals surface area contributed by atoms with E-state index in [0.29, 0.717) is 0 Å². The maximum atomic E-state index is 14.3. The standard InChI is InChI=1S/C16H23FN2/c1-18-9-14-3-2-4-15(17)16(14)19(10-12-5-6-12)11-13-7-8-13/h2-4,12-13,18H,5-11H2,1H3. The zero-order valence-electron chi connectivity index (χ0n) is 11.7. The molecule has 0 aliphatic heterocycles. The molecule has 0 atom stereocenters. The van der Waals surface area contributed by atoms with Gasteiger partial charge in [-0.05, 0) is 56.2 Å². The molecule has 0 saturated heterocycles. The van der Waals surface area contributed by atoms with Gasteiger partial charge >= 0.3 is 0 Å². The van der Waals surface area contributed by atoms with Crippen LogP contribution in [0.15, 0.2) is 18.2 Å².